The van der Waals surface area contributed by atoms with Crippen molar-refractivity contribution in [2.75, 3.05) is 25.4 Å². The minimum Gasteiger partial charge on any atom is -0.397 e. The van der Waals surface area contributed by atoms with E-state index in [1.807, 2.05) is 36.4 Å². The number of rotatable bonds is 3. The number of hydrogen-bond acceptors (Lipinski definition) is 4. The predicted molar refractivity (Wildman–Crippen MR) is 94.6 cm³/mol. The number of anilines is 1. The number of nitrogens with one attached hydrogen (secondary N) is 1. The molecule has 0 spiro atoms. The molecule has 4 heterocycles. The lowest BCUT2D eigenvalue weighted by Crippen LogP contribution is -2.57. The molecule has 1 amide bonds. The summed E-state index contributed by atoms with van der Waals surface area (Å²) in [6, 6.07) is 12.2. The summed E-state index contributed by atoms with van der Waals surface area (Å²) in [5, 5.41) is 3.22. The van der Waals surface area contributed by atoms with Crippen molar-refractivity contribution in [3.05, 3.63) is 41.3 Å². The Balaban J connectivity index is 1.52. The van der Waals surface area contributed by atoms with E-state index in [0.29, 0.717) is 16.5 Å². The number of thiophene rings is 1. The number of nitrogen functional groups attached to an aromatic ring is 1. The van der Waals surface area contributed by atoms with Crippen molar-refractivity contribution in [3.8, 4) is 10.4 Å². The summed E-state index contributed by atoms with van der Waals surface area (Å²) in [6.07, 6.45) is 2.39. The minimum atomic E-state index is -0.0200. The molecule has 1 aromatic heterocycles. The second-order valence-electron chi connectivity index (χ2n) is 6.48. The molecule has 5 rings (SSSR count). The Morgan fingerprint density at radius 3 is 2.61 bits per heavy atom. The Morgan fingerprint density at radius 1 is 1.22 bits per heavy atom. The van der Waals surface area contributed by atoms with Crippen molar-refractivity contribution in [2.24, 2.45) is 5.92 Å². The molecule has 4 nitrogen and oxygen atoms in total. The molecule has 2 aromatic rings. The van der Waals surface area contributed by atoms with Crippen LogP contribution in [0.4, 0.5) is 5.69 Å². The maximum absolute atomic E-state index is 12.7. The number of hydrogen-bond donors (Lipinski definition) is 2. The van der Waals surface area contributed by atoms with Gasteiger partial charge in [-0.2, -0.15) is 0 Å². The highest BCUT2D eigenvalue weighted by Crippen LogP contribution is 2.34. The van der Waals surface area contributed by atoms with Crippen molar-refractivity contribution in [1.82, 2.24) is 10.2 Å². The van der Waals surface area contributed by atoms with Crippen molar-refractivity contribution >= 4 is 22.9 Å². The van der Waals surface area contributed by atoms with Crippen molar-refractivity contribution in [2.45, 2.75) is 18.9 Å². The quantitative estimate of drug-likeness (QED) is 0.911. The van der Waals surface area contributed by atoms with Crippen LogP contribution in [0.3, 0.4) is 0 Å². The third-order valence-corrected chi connectivity index (χ3v) is 6.20. The number of nitrogens with two attached hydrogens (primary N) is 1. The van der Waals surface area contributed by atoms with Crippen molar-refractivity contribution in [1.29, 1.82) is 0 Å². The van der Waals surface area contributed by atoms with Gasteiger partial charge in [0, 0.05) is 17.5 Å². The van der Waals surface area contributed by atoms with E-state index >= 15 is 0 Å². The summed E-state index contributed by atoms with van der Waals surface area (Å²) in [5.74, 6) is 0.604. The second kappa shape index (κ2) is 5.98. The monoisotopic (exact) mass is 327 g/mol. The number of carbonyl (C=O) groups excluding carboxylic acids is 1. The molecule has 3 aliphatic rings. The summed E-state index contributed by atoms with van der Waals surface area (Å²) in [5.41, 5.74) is 7.78. The zero-order chi connectivity index (χ0) is 15.8. The largest absolute Gasteiger partial charge is 0.397 e. The van der Waals surface area contributed by atoms with Crippen LogP contribution >= 0.6 is 11.3 Å². The highest BCUT2D eigenvalue weighted by molar-refractivity contribution is 7.18. The molecule has 3 fully saturated rings. The van der Waals surface area contributed by atoms with Crippen LogP contribution in [0, 0.1) is 5.92 Å². The fourth-order valence-electron chi connectivity index (χ4n) is 3.69. The molecule has 120 valence electrons. The molecule has 2 bridgehead atoms. The Bertz CT molecular complexity index is 704. The second-order valence-corrected chi connectivity index (χ2v) is 7.53. The van der Waals surface area contributed by atoms with Crippen LogP contribution in [-0.2, 0) is 0 Å². The van der Waals surface area contributed by atoms with Crippen LogP contribution < -0.4 is 11.1 Å². The molecule has 23 heavy (non-hydrogen) atoms. The van der Waals surface area contributed by atoms with Crippen molar-refractivity contribution < 1.29 is 4.79 Å². The maximum atomic E-state index is 12.7. The first kappa shape index (κ1) is 14.7. The van der Waals surface area contributed by atoms with Gasteiger partial charge < -0.3 is 16.0 Å². The average Bonchev–Trinajstić information content (AvgIpc) is 2.99. The van der Waals surface area contributed by atoms with Crippen LogP contribution in [0.2, 0.25) is 0 Å². The van der Waals surface area contributed by atoms with Gasteiger partial charge in [-0.15, -0.1) is 11.3 Å². The molecule has 0 aliphatic carbocycles. The van der Waals surface area contributed by atoms with Gasteiger partial charge >= 0.3 is 0 Å². The molecule has 3 N–H and O–H groups in total. The van der Waals surface area contributed by atoms with E-state index in [1.54, 1.807) is 0 Å². The Labute approximate surface area is 140 Å². The minimum absolute atomic E-state index is 0.0200. The lowest BCUT2D eigenvalue weighted by Gasteiger charge is -2.44. The van der Waals surface area contributed by atoms with E-state index in [4.69, 9.17) is 5.73 Å². The van der Waals surface area contributed by atoms with Gasteiger partial charge in [0.25, 0.3) is 5.91 Å². The van der Waals surface area contributed by atoms with Crippen molar-refractivity contribution in [3.63, 3.8) is 0 Å². The zero-order valence-corrected chi connectivity index (χ0v) is 13.8. The average molecular weight is 327 g/mol. The van der Waals surface area contributed by atoms with Gasteiger partial charge in [0.15, 0.2) is 0 Å². The lowest BCUT2D eigenvalue weighted by atomic mass is 9.84. The van der Waals surface area contributed by atoms with Crippen LogP contribution in [0.1, 0.15) is 22.5 Å². The number of piperidine rings is 3. The number of amides is 1. The Hall–Kier alpha value is -1.85. The van der Waals surface area contributed by atoms with E-state index in [-0.39, 0.29) is 11.9 Å². The fourth-order valence-corrected chi connectivity index (χ4v) is 4.68. The van der Waals surface area contributed by atoms with Gasteiger partial charge in [-0.05, 0) is 43.5 Å². The zero-order valence-electron chi connectivity index (χ0n) is 13.0. The molecular weight excluding hydrogens is 306 g/mol. The molecule has 5 heteroatoms. The fraction of sp³-hybridized carbons (Fsp3) is 0.389. The highest BCUT2D eigenvalue weighted by Gasteiger charge is 2.35. The number of benzene rings is 1. The topological polar surface area (TPSA) is 58.4 Å². The standard InChI is InChI=1S/C18H21N3OS/c19-14-10-16(13-4-2-1-3-5-13)23-17(14)18(22)20-15-11-21-8-6-12(15)7-9-21/h1-5,10,12,15H,6-9,11,19H2,(H,20,22). The summed E-state index contributed by atoms with van der Waals surface area (Å²) in [6.45, 7) is 3.33. The highest BCUT2D eigenvalue weighted by atomic mass is 32.1. The van der Waals surface area contributed by atoms with E-state index in [0.717, 1.165) is 17.0 Å². The van der Waals surface area contributed by atoms with Gasteiger partial charge in [-0.3, -0.25) is 4.79 Å². The summed E-state index contributed by atoms with van der Waals surface area (Å²) < 4.78 is 0. The molecule has 3 saturated heterocycles. The van der Waals surface area contributed by atoms with Gasteiger partial charge in [-0.25, -0.2) is 0 Å². The first-order valence-electron chi connectivity index (χ1n) is 8.18. The van der Waals surface area contributed by atoms with Crippen LogP contribution in [0.15, 0.2) is 36.4 Å². The van der Waals surface area contributed by atoms with E-state index in [1.165, 1.54) is 37.3 Å². The molecule has 0 radical (unpaired) electrons. The molecule has 1 atom stereocenters. The van der Waals surface area contributed by atoms with Gasteiger partial charge in [0.2, 0.25) is 0 Å². The summed E-state index contributed by atoms with van der Waals surface area (Å²) in [7, 11) is 0. The number of fused-ring (bicyclic) bond motifs is 3. The number of carbonyl (C=O) groups is 1. The van der Waals surface area contributed by atoms with Crippen LogP contribution in [0.25, 0.3) is 10.4 Å². The van der Waals surface area contributed by atoms with Crippen LogP contribution in [-0.4, -0.2) is 36.5 Å². The Kier molecular flexibility index (Phi) is 3.83. The molecule has 3 aliphatic heterocycles. The summed E-state index contributed by atoms with van der Waals surface area (Å²) >= 11 is 1.48. The number of nitrogens with zero attached hydrogens (tertiary/aromatic N) is 1. The van der Waals surface area contributed by atoms with Gasteiger partial charge in [0.1, 0.15) is 4.88 Å². The first-order valence-corrected chi connectivity index (χ1v) is 9.00. The normalized spacial score (nSPS) is 26.2. The van der Waals surface area contributed by atoms with E-state index < -0.39 is 0 Å². The SMILES string of the molecule is Nc1cc(-c2ccccc2)sc1C(=O)NC1CN2CCC1CC2. The smallest absolute Gasteiger partial charge is 0.263 e. The third-order valence-electron chi connectivity index (χ3n) is 5.00. The molecule has 0 saturated carbocycles. The van der Waals surface area contributed by atoms with E-state index in [2.05, 4.69) is 10.2 Å². The van der Waals surface area contributed by atoms with E-state index in [9.17, 15) is 4.79 Å². The molecule has 1 aromatic carbocycles. The Morgan fingerprint density at radius 2 is 1.96 bits per heavy atom. The van der Waals surface area contributed by atoms with Gasteiger partial charge in [0.05, 0.1) is 5.69 Å². The third kappa shape index (κ3) is 2.86. The first-order chi connectivity index (χ1) is 11.2. The predicted octanol–water partition coefficient (Wildman–Crippen LogP) is 2.82. The summed E-state index contributed by atoms with van der Waals surface area (Å²) in [4.78, 5) is 16.8. The van der Waals surface area contributed by atoms with Crippen LogP contribution in [0.5, 0.6) is 0 Å². The molecular formula is C18H21N3OS. The maximum Gasteiger partial charge on any atom is 0.263 e. The lowest BCUT2D eigenvalue weighted by molar-refractivity contribution is 0.0623. The van der Waals surface area contributed by atoms with Gasteiger partial charge in [-0.1, -0.05) is 30.3 Å². The molecule has 1 unspecified atom stereocenters.